The Hall–Kier alpha value is -1.23. The number of aromatic nitrogens is 1. The van der Waals surface area contributed by atoms with E-state index in [1.165, 1.54) is 16.1 Å². The molecule has 0 radical (unpaired) electrons. The standard InChI is InChI=1S/C15H19N3S/c1-2-12-10-16-6-4-14(12)13(3-1)11-17-7-5-15-18-8-9-19-15/h1-3,8-9,16-17H,4-7,10-11H2. The fraction of sp³-hybridized carbons (Fsp3) is 0.400. The molecule has 2 aromatic rings. The first-order valence-corrected chi connectivity index (χ1v) is 7.71. The molecule has 0 aliphatic carbocycles. The minimum atomic E-state index is 0.967. The van der Waals surface area contributed by atoms with Crippen molar-refractivity contribution in [3.63, 3.8) is 0 Å². The second-order valence-electron chi connectivity index (χ2n) is 4.83. The van der Waals surface area contributed by atoms with Gasteiger partial charge in [-0.05, 0) is 29.7 Å². The van der Waals surface area contributed by atoms with Gasteiger partial charge in [-0.15, -0.1) is 11.3 Å². The number of rotatable bonds is 5. The normalized spacial score (nSPS) is 14.3. The van der Waals surface area contributed by atoms with Crippen molar-refractivity contribution in [2.24, 2.45) is 0 Å². The molecule has 0 fully saturated rings. The first-order chi connectivity index (χ1) is 9.43. The van der Waals surface area contributed by atoms with Gasteiger partial charge in [-0.1, -0.05) is 18.2 Å². The van der Waals surface area contributed by atoms with Crippen molar-refractivity contribution in [2.75, 3.05) is 13.1 Å². The van der Waals surface area contributed by atoms with Crippen molar-refractivity contribution in [3.05, 3.63) is 51.5 Å². The van der Waals surface area contributed by atoms with Gasteiger partial charge >= 0.3 is 0 Å². The van der Waals surface area contributed by atoms with E-state index >= 15 is 0 Å². The maximum Gasteiger partial charge on any atom is 0.0937 e. The summed E-state index contributed by atoms with van der Waals surface area (Å²) in [6.07, 6.45) is 4.05. The molecule has 1 aliphatic heterocycles. The van der Waals surface area contributed by atoms with Gasteiger partial charge in [0.15, 0.2) is 0 Å². The monoisotopic (exact) mass is 273 g/mol. The molecular formula is C15H19N3S. The van der Waals surface area contributed by atoms with Crippen LogP contribution in [0.15, 0.2) is 29.8 Å². The highest BCUT2D eigenvalue weighted by molar-refractivity contribution is 7.09. The van der Waals surface area contributed by atoms with Crippen molar-refractivity contribution in [1.29, 1.82) is 0 Å². The molecule has 0 amide bonds. The molecule has 1 aromatic heterocycles. The zero-order valence-electron chi connectivity index (χ0n) is 11.0. The predicted octanol–water partition coefficient (Wildman–Crippen LogP) is 2.12. The molecule has 3 rings (SSSR count). The molecular weight excluding hydrogens is 254 g/mol. The number of nitrogens with zero attached hydrogens (tertiary/aromatic N) is 1. The lowest BCUT2D eigenvalue weighted by atomic mass is 9.95. The summed E-state index contributed by atoms with van der Waals surface area (Å²) >= 11 is 1.73. The van der Waals surface area contributed by atoms with Crippen LogP contribution in [0.25, 0.3) is 0 Å². The average Bonchev–Trinajstić information content (AvgIpc) is 2.97. The smallest absolute Gasteiger partial charge is 0.0937 e. The lowest BCUT2D eigenvalue weighted by Gasteiger charge is -2.20. The third-order valence-corrected chi connectivity index (χ3v) is 4.39. The van der Waals surface area contributed by atoms with Crippen molar-refractivity contribution < 1.29 is 0 Å². The number of hydrogen-bond donors (Lipinski definition) is 2. The summed E-state index contributed by atoms with van der Waals surface area (Å²) < 4.78 is 0. The third-order valence-electron chi connectivity index (χ3n) is 3.55. The van der Waals surface area contributed by atoms with Crippen LogP contribution in [0.1, 0.15) is 21.7 Å². The number of nitrogens with one attached hydrogen (secondary N) is 2. The fourth-order valence-corrected chi connectivity index (χ4v) is 3.19. The summed E-state index contributed by atoms with van der Waals surface area (Å²) in [7, 11) is 0. The Kier molecular flexibility index (Phi) is 4.23. The minimum Gasteiger partial charge on any atom is -0.312 e. The SMILES string of the molecule is c1cc(CNCCc2nccs2)c2c(c1)CNCC2. The highest BCUT2D eigenvalue weighted by Crippen LogP contribution is 2.18. The van der Waals surface area contributed by atoms with Gasteiger partial charge in [-0.25, -0.2) is 4.98 Å². The summed E-state index contributed by atoms with van der Waals surface area (Å²) in [5.41, 5.74) is 4.46. The molecule has 1 aromatic carbocycles. The number of thiazole rings is 1. The molecule has 0 saturated carbocycles. The fourth-order valence-electron chi connectivity index (χ4n) is 2.57. The Morgan fingerprint density at radius 1 is 1.37 bits per heavy atom. The second-order valence-corrected chi connectivity index (χ2v) is 5.81. The van der Waals surface area contributed by atoms with E-state index in [1.54, 1.807) is 16.9 Å². The van der Waals surface area contributed by atoms with Gasteiger partial charge in [0.1, 0.15) is 0 Å². The molecule has 0 unspecified atom stereocenters. The van der Waals surface area contributed by atoms with E-state index in [2.05, 4.69) is 33.8 Å². The van der Waals surface area contributed by atoms with Crippen LogP contribution >= 0.6 is 11.3 Å². The van der Waals surface area contributed by atoms with Crippen molar-refractivity contribution >= 4 is 11.3 Å². The van der Waals surface area contributed by atoms with E-state index in [0.717, 1.165) is 39.0 Å². The first-order valence-electron chi connectivity index (χ1n) is 6.83. The van der Waals surface area contributed by atoms with Crippen LogP contribution in [-0.2, 0) is 25.9 Å². The molecule has 100 valence electrons. The highest BCUT2D eigenvalue weighted by Gasteiger charge is 2.11. The van der Waals surface area contributed by atoms with E-state index in [4.69, 9.17) is 0 Å². The molecule has 4 heteroatoms. The number of hydrogen-bond acceptors (Lipinski definition) is 4. The average molecular weight is 273 g/mol. The van der Waals surface area contributed by atoms with Crippen LogP contribution in [0.5, 0.6) is 0 Å². The highest BCUT2D eigenvalue weighted by atomic mass is 32.1. The Balaban J connectivity index is 1.55. The summed E-state index contributed by atoms with van der Waals surface area (Å²) in [4.78, 5) is 4.30. The third kappa shape index (κ3) is 3.21. The zero-order valence-corrected chi connectivity index (χ0v) is 11.8. The molecule has 2 N–H and O–H groups in total. The van der Waals surface area contributed by atoms with Gasteiger partial charge in [-0.2, -0.15) is 0 Å². The van der Waals surface area contributed by atoms with Crippen LogP contribution in [0.2, 0.25) is 0 Å². The van der Waals surface area contributed by atoms with E-state index < -0.39 is 0 Å². The van der Waals surface area contributed by atoms with Crippen LogP contribution < -0.4 is 10.6 Å². The molecule has 3 nitrogen and oxygen atoms in total. The Labute approximate surface area is 118 Å². The molecule has 0 bridgehead atoms. The maximum atomic E-state index is 4.30. The summed E-state index contributed by atoms with van der Waals surface area (Å²) in [5, 5.41) is 10.2. The van der Waals surface area contributed by atoms with Crippen molar-refractivity contribution in [2.45, 2.75) is 25.9 Å². The zero-order chi connectivity index (χ0) is 12.9. The van der Waals surface area contributed by atoms with Crippen LogP contribution in [0.3, 0.4) is 0 Å². The van der Waals surface area contributed by atoms with Gasteiger partial charge in [0.05, 0.1) is 5.01 Å². The first kappa shape index (κ1) is 12.8. The van der Waals surface area contributed by atoms with Crippen LogP contribution in [0, 0.1) is 0 Å². The second kappa shape index (κ2) is 6.28. The lowest BCUT2D eigenvalue weighted by molar-refractivity contribution is 0.626. The summed E-state index contributed by atoms with van der Waals surface area (Å²) in [6.45, 7) is 4.08. The topological polar surface area (TPSA) is 37.0 Å². The van der Waals surface area contributed by atoms with Crippen molar-refractivity contribution in [3.8, 4) is 0 Å². The number of fused-ring (bicyclic) bond motifs is 1. The van der Waals surface area contributed by atoms with E-state index in [9.17, 15) is 0 Å². The van der Waals surface area contributed by atoms with E-state index in [1.807, 2.05) is 11.6 Å². The largest absolute Gasteiger partial charge is 0.312 e. The van der Waals surface area contributed by atoms with E-state index in [-0.39, 0.29) is 0 Å². The quantitative estimate of drug-likeness (QED) is 0.819. The molecule has 0 atom stereocenters. The molecule has 19 heavy (non-hydrogen) atoms. The van der Waals surface area contributed by atoms with Gasteiger partial charge in [0.25, 0.3) is 0 Å². The Morgan fingerprint density at radius 3 is 3.26 bits per heavy atom. The molecule has 2 heterocycles. The Morgan fingerprint density at radius 2 is 2.37 bits per heavy atom. The number of benzene rings is 1. The summed E-state index contributed by atoms with van der Waals surface area (Å²) in [6, 6.07) is 6.66. The Bertz CT molecular complexity index is 522. The summed E-state index contributed by atoms with van der Waals surface area (Å²) in [5.74, 6) is 0. The maximum absolute atomic E-state index is 4.30. The van der Waals surface area contributed by atoms with Crippen LogP contribution in [-0.4, -0.2) is 18.1 Å². The van der Waals surface area contributed by atoms with Gasteiger partial charge in [0, 0.05) is 37.6 Å². The van der Waals surface area contributed by atoms with Crippen LogP contribution in [0.4, 0.5) is 0 Å². The predicted molar refractivity (Wildman–Crippen MR) is 79.4 cm³/mol. The van der Waals surface area contributed by atoms with Gasteiger partial charge in [-0.3, -0.25) is 0 Å². The minimum absolute atomic E-state index is 0.967. The van der Waals surface area contributed by atoms with Crippen molar-refractivity contribution in [1.82, 2.24) is 15.6 Å². The van der Waals surface area contributed by atoms with E-state index in [0.29, 0.717) is 0 Å². The molecule has 0 spiro atoms. The molecule has 0 saturated heterocycles. The van der Waals surface area contributed by atoms with Gasteiger partial charge < -0.3 is 10.6 Å². The lowest BCUT2D eigenvalue weighted by Crippen LogP contribution is -2.26. The molecule has 1 aliphatic rings. The van der Waals surface area contributed by atoms with Gasteiger partial charge in [0.2, 0.25) is 0 Å².